The summed E-state index contributed by atoms with van der Waals surface area (Å²) in [4.78, 5) is 3.57. The van der Waals surface area contributed by atoms with E-state index in [0.29, 0.717) is 5.69 Å². The minimum Gasteiger partial charge on any atom is -0.278 e. The fourth-order valence-corrected chi connectivity index (χ4v) is 2.83. The van der Waals surface area contributed by atoms with Crippen molar-refractivity contribution in [2.45, 2.75) is 18.9 Å². The first-order valence-electron chi connectivity index (χ1n) is 5.61. The molecule has 4 nitrogen and oxygen atoms in total. The Labute approximate surface area is 111 Å². The molecule has 0 aliphatic heterocycles. The van der Waals surface area contributed by atoms with Gasteiger partial charge in [0.25, 0.3) is 10.0 Å². The highest BCUT2D eigenvalue weighted by atomic mass is 32.2. The van der Waals surface area contributed by atoms with Gasteiger partial charge in [0.2, 0.25) is 5.03 Å². The third kappa shape index (κ3) is 2.90. The molecule has 0 saturated carbocycles. The van der Waals surface area contributed by atoms with E-state index < -0.39 is 20.9 Å². The van der Waals surface area contributed by atoms with Crippen molar-refractivity contribution in [1.82, 2.24) is 4.98 Å². The van der Waals surface area contributed by atoms with Gasteiger partial charge in [0, 0.05) is 6.20 Å². The fourth-order valence-electron chi connectivity index (χ4n) is 1.69. The van der Waals surface area contributed by atoms with Gasteiger partial charge in [-0.25, -0.2) is 9.37 Å². The molecule has 1 aromatic heterocycles. The third-order valence-corrected chi connectivity index (χ3v) is 3.90. The maximum Gasteiger partial charge on any atom is 0.282 e. The quantitative estimate of drug-likeness (QED) is 0.940. The van der Waals surface area contributed by atoms with E-state index in [1.54, 1.807) is 19.1 Å². The van der Waals surface area contributed by atoms with E-state index in [-0.39, 0.29) is 0 Å². The van der Waals surface area contributed by atoms with Crippen LogP contribution in [-0.2, 0) is 10.0 Å². The average molecular weight is 280 g/mol. The van der Waals surface area contributed by atoms with Gasteiger partial charge < -0.3 is 0 Å². The van der Waals surface area contributed by atoms with E-state index >= 15 is 0 Å². The number of aryl methyl sites for hydroxylation is 2. The molecule has 2 rings (SSSR count). The maximum absolute atomic E-state index is 13.5. The Kier molecular flexibility index (Phi) is 3.53. The zero-order chi connectivity index (χ0) is 14.0. The molecule has 19 heavy (non-hydrogen) atoms. The van der Waals surface area contributed by atoms with E-state index in [4.69, 9.17) is 0 Å². The highest BCUT2D eigenvalue weighted by molar-refractivity contribution is 7.92. The normalized spacial score (nSPS) is 11.3. The molecule has 0 unspecified atom stereocenters. The van der Waals surface area contributed by atoms with E-state index in [2.05, 4.69) is 9.71 Å². The molecule has 0 aliphatic carbocycles. The van der Waals surface area contributed by atoms with Crippen molar-refractivity contribution in [3.05, 3.63) is 53.5 Å². The lowest BCUT2D eigenvalue weighted by Gasteiger charge is -2.10. The number of hydrogen-bond donors (Lipinski definition) is 1. The van der Waals surface area contributed by atoms with Crippen molar-refractivity contribution in [2.75, 3.05) is 4.72 Å². The van der Waals surface area contributed by atoms with Crippen LogP contribution in [0.1, 0.15) is 11.1 Å². The summed E-state index contributed by atoms with van der Waals surface area (Å²) in [7, 11) is -4.02. The molecule has 2 aromatic rings. The zero-order valence-electron chi connectivity index (χ0n) is 10.5. The molecule has 0 atom stereocenters. The lowest BCUT2D eigenvalue weighted by molar-refractivity contribution is 0.557. The van der Waals surface area contributed by atoms with Gasteiger partial charge in [-0.1, -0.05) is 17.7 Å². The van der Waals surface area contributed by atoms with Crippen molar-refractivity contribution < 1.29 is 12.8 Å². The average Bonchev–Trinajstić information content (AvgIpc) is 2.33. The van der Waals surface area contributed by atoms with Crippen LogP contribution in [-0.4, -0.2) is 13.4 Å². The molecule has 0 fully saturated rings. The second-order valence-corrected chi connectivity index (χ2v) is 5.81. The number of halogens is 1. The van der Waals surface area contributed by atoms with Gasteiger partial charge in [-0.05, 0) is 37.6 Å². The van der Waals surface area contributed by atoms with Crippen LogP contribution in [0, 0.1) is 19.7 Å². The Bertz CT molecular complexity index is 714. The van der Waals surface area contributed by atoms with Gasteiger partial charge in [-0.3, -0.25) is 4.72 Å². The zero-order valence-corrected chi connectivity index (χ0v) is 11.3. The van der Waals surface area contributed by atoms with Crippen molar-refractivity contribution in [3.8, 4) is 0 Å². The number of aromatic nitrogens is 1. The summed E-state index contributed by atoms with van der Waals surface area (Å²) < 4.78 is 39.9. The van der Waals surface area contributed by atoms with Crippen LogP contribution in [0.25, 0.3) is 0 Å². The van der Waals surface area contributed by atoms with E-state index in [1.165, 1.54) is 12.3 Å². The summed E-state index contributed by atoms with van der Waals surface area (Å²) >= 11 is 0. The molecule has 1 aromatic carbocycles. The van der Waals surface area contributed by atoms with E-state index in [0.717, 1.165) is 17.2 Å². The Hall–Kier alpha value is -1.95. The molecular formula is C13H13FN2O2S. The molecule has 1 heterocycles. The van der Waals surface area contributed by atoms with Crippen LogP contribution >= 0.6 is 0 Å². The van der Waals surface area contributed by atoms with Crippen molar-refractivity contribution in [3.63, 3.8) is 0 Å². The predicted octanol–water partition coefficient (Wildman–Crippen LogP) is 2.64. The lowest BCUT2D eigenvalue weighted by Crippen LogP contribution is -2.16. The van der Waals surface area contributed by atoms with Crippen LogP contribution in [0.15, 0.2) is 41.6 Å². The first kappa shape index (κ1) is 13.5. The first-order chi connectivity index (χ1) is 8.90. The number of rotatable bonds is 3. The van der Waals surface area contributed by atoms with Crippen LogP contribution in [0.4, 0.5) is 10.1 Å². The van der Waals surface area contributed by atoms with Gasteiger partial charge in [0.15, 0.2) is 5.82 Å². The summed E-state index contributed by atoms with van der Waals surface area (Å²) in [5.74, 6) is -0.875. The monoisotopic (exact) mass is 280 g/mol. The van der Waals surface area contributed by atoms with E-state index in [9.17, 15) is 12.8 Å². The van der Waals surface area contributed by atoms with Gasteiger partial charge in [-0.2, -0.15) is 8.42 Å². The molecular weight excluding hydrogens is 267 g/mol. The van der Waals surface area contributed by atoms with Crippen LogP contribution in [0.3, 0.4) is 0 Å². The number of pyridine rings is 1. The Balaban J connectivity index is 2.40. The highest BCUT2D eigenvalue weighted by Gasteiger charge is 2.21. The smallest absolute Gasteiger partial charge is 0.278 e. The van der Waals surface area contributed by atoms with Gasteiger partial charge >= 0.3 is 0 Å². The molecule has 0 bridgehead atoms. The fraction of sp³-hybridized carbons (Fsp3) is 0.154. The Morgan fingerprint density at radius 3 is 2.58 bits per heavy atom. The summed E-state index contributed by atoms with van der Waals surface area (Å²) in [5, 5.41) is -0.602. The second-order valence-electron chi connectivity index (χ2n) is 4.21. The molecule has 0 saturated heterocycles. The van der Waals surface area contributed by atoms with Gasteiger partial charge in [-0.15, -0.1) is 0 Å². The maximum atomic E-state index is 13.5. The minimum atomic E-state index is -4.02. The molecule has 1 N–H and O–H groups in total. The molecule has 0 amide bonds. The summed E-state index contributed by atoms with van der Waals surface area (Å²) in [5.41, 5.74) is 2.19. The first-order valence-corrected chi connectivity index (χ1v) is 7.09. The van der Waals surface area contributed by atoms with Gasteiger partial charge in [0.1, 0.15) is 0 Å². The Morgan fingerprint density at radius 2 is 1.95 bits per heavy atom. The number of sulfonamides is 1. The molecule has 100 valence electrons. The van der Waals surface area contributed by atoms with E-state index in [1.807, 2.05) is 13.0 Å². The summed E-state index contributed by atoms with van der Waals surface area (Å²) in [6.45, 7) is 3.68. The van der Waals surface area contributed by atoms with Crippen molar-refractivity contribution in [1.29, 1.82) is 0 Å². The number of hydrogen-bond acceptors (Lipinski definition) is 3. The molecule has 0 radical (unpaired) electrons. The largest absolute Gasteiger partial charge is 0.282 e. The molecule has 0 aliphatic rings. The highest BCUT2D eigenvalue weighted by Crippen LogP contribution is 2.20. The summed E-state index contributed by atoms with van der Waals surface area (Å²) in [6, 6.07) is 7.66. The summed E-state index contributed by atoms with van der Waals surface area (Å²) in [6.07, 6.45) is 1.24. The van der Waals surface area contributed by atoms with Crippen LogP contribution in [0.2, 0.25) is 0 Å². The van der Waals surface area contributed by atoms with Gasteiger partial charge in [0.05, 0.1) is 5.69 Å². The second kappa shape index (κ2) is 4.97. The van der Waals surface area contributed by atoms with Crippen LogP contribution < -0.4 is 4.72 Å². The number of benzene rings is 1. The molecule has 6 heteroatoms. The Morgan fingerprint density at radius 1 is 1.21 bits per heavy atom. The van der Waals surface area contributed by atoms with Crippen molar-refractivity contribution in [2.24, 2.45) is 0 Å². The number of anilines is 1. The predicted molar refractivity (Wildman–Crippen MR) is 70.9 cm³/mol. The standard InChI is InChI=1S/C13H13FN2O2S/c1-9-5-6-12(10(2)8-9)16-19(17,18)13-11(14)4-3-7-15-13/h3-8,16H,1-2H3. The number of nitrogens with one attached hydrogen (secondary N) is 1. The topological polar surface area (TPSA) is 59.1 Å². The lowest BCUT2D eigenvalue weighted by atomic mass is 10.1. The SMILES string of the molecule is Cc1ccc(NS(=O)(=O)c2ncccc2F)c(C)c1. The number of nitrogens with zero attached hydrogens (tertiary/aromatic N) is 1. The third-order valence-electron chi connectivity index (χ3n) is 2.61. The molecule has 0 spiro atoms. The minimum absolute atomic E-state index is 0.413. The van der Waals surface area contributed by atoms with Crippen LogP contribution in [0.5, 0.6) is 0 Å². The van der Waals surface area contributed by atoms with Crippen molar-refractivity contribution >= 4 is 15.7 Å².